The van der Waals surface area contributed by atoms with Crippen LogP contribution < -0.4 is 10.8 Å². The molecule has 1 heterocycles. The maximum absolute atomic E-state index is 5.01. The van der Waals surface area contributed by atoms with Gasteiger partial charge in [0.25, 0.3) is 0 Å². The fraction of sp³-hybridized carbons (Fsp3) is 1.00. The first kappa shape index (κ1) is 7.98. The van der Waals surface area contributed by atoms with E-state index in [4.69, 9.17) is 4.84 Å². The Balaban J connectivity index is 1.91. The monoisotopic (exact) mass is 144 g/mol. The van der Waals surface area contributed by atoms with E-state index in [9.17, 15) is 0 Å². The quantitative estimate of drug-likeness (QED) is 0.439. The van der Waals surface area contributed by atoms with Crippen molar-refractivity contribution < 1.29 is 4.84 Å². The van der Waals surface area contributed by atoms with Crippen LogP contribution in [0.1, 0.15) is 19.8 Å². The highest BCUT2D eigenvalue weighted by molar-refractivity contribution is 4.74. The Morgan fingerprint density at radius 2 is 2.60 bits per heavy atom. The number of nitrogens with one attached hydrogen (secondary N) is 2. The molecule has 1 unspecified atom stereocenters. The third-order valence-corrected chi connectivity index (χ3v) is 1.74. The summed E-state index contributed by atoms with van der Waals surface area (Å²) in [6.07, 6.45) is 2.58. The fourth-order valence-corrected chi connectivity index (χ4v) is 1.19. The number of hydroxylamine groups is 1. The van der Waals surface area contributed by atoms with E-state index in [1.165, 1.54) is 19.4 Å². The van der Waals surface area contributed by atoms with Crippen molar-refractivity contribution in [3.05, 3.63) is 0 Å². The van der Waals surface area contributed by atoms with Gasteiger partial charge in [0, 0.05) is 12.6 Å². The van der Waals surface area contributed by atoms with E-state index in [-0.39, 0.29) is 0 Å². The van der Waals surface area contributed by atoms with Gasteiger partial charge in [0.05, 0.1) is 6.61 Å². The van der Waals surface area contributed by atoms with Gasteiger partial charge < -0.3 is 10.2 Å². The first-order valence-electron chi connectivity index (χ1n) is 4.01. The second-order valence-electron chi connectivity index (χ2n) is 2.57. The Hall–Kier alpha value is -0.120. The normalized spacial score (nSPS) is 25.5. The average molecular weight is 144 g/mol. The highest BCUT2D eigenvalue weighted by atomic mass is 16.6. The van der Waals surface area contributed by atoms with Crippen LogP contribution >= 0.6 is 0 Å². The molecule has 0 aromatic carbocycles. The van der Waals surface area contributed by atoms with Gasteiger partial charge in [-0.05, 0) is 26.3 Å². The molecule has 10 heavy (non-hydrogen) atoms. The van der Waals surface area contributed by atoms with Crippen LogP contribution in [0.5, 0.6) is 0 Å². The van der Waals surface area contributed by atoms with E-state index >= 15 is 0 Å². The van der Waals surface area contributed by atoms with Crippen LogP contribution in [-0.2, 0) is 4.84 Å². The van der Waals surface area contributed by atoms with Crippen molar-refractivity contribution in [2.45, 2.75) is 25.8 Å². The molecule has 0 bridgehead atoms. The summed E-state index contributed by atoms with van der Waals surface area (Å²) < 4.78 is 0. The van der Waals surface area contributed by atoms with Crippen molar-refractivity contribution in [3.63, 3.8) is 0 Å². The van der Waals surface area contributed by atoms with Gasteiger partial charge in [-0.2, -0.15) is 0 Å². The molecular weight excluding hydrogens is 128 g/mol. The number of hydrogen-bond acceptors (Lipinski definition) is 3. The Morgan fingerprint density at radius 3 is 3.20 bits per heavy atom. The molecule has 1 aliphatic rings. The second-order valence-corrected chi connectivity index (χ2v) is 2.57. The molecule has 0 amide bonds. The molecule has 1 saturated heterocycles. The van der Waals surface area contributed by atoms with E-state index in [1.54, 1.807) is 0 Å². The van der Waals surface area contributed by atoms with Gasteiger partial charge in [0.2, 0.25) is 0 Å². The van der Waals surface area contributed by atoms with Crippen LogP contribution in [0.15, 0.2) is 0 Å². The predicted molar refractivity (Wildman–Crippen MR) is 40.7 cm³/mol. The molecule has 0 aromatic rings. The van der Waals surface area contributed by atoms with Gasteiger partial charge in [-0.3, -0.25) is 0 Å². The van der Waals surface area contributed by atoms with E-state index < -0.39 is 0 Å². The molecule has 60 valence electrons. The first-order chi connectivity index (χ1) is 4.93. The fourth-order valence-electron chi connectivity index (χ4n) is 1.19. The summed E-state index contributed by atoms with van der Waals surface area (Å²) in [5.74, 6) is 0. The molecule has 0 aromatic heterocycles. The van der Waals surface area contributed by atoms with Crippen molar-refractivity contribution in [2.24, 2.45) is 0 Å². The average Bonchev–Trinajstić information content (AvgIpc) is 2.41. The minimum atomic E-state index is 0.631. The second kappa shape index (κ2) is 4.66. The maximum atomic E-state index is 5.01. The van der Waals surface area contributed by atoms with E-state index in [1.807, 2.05) is 6.92 Å². The van der Waals surface area contributed by atoms with E-state index in [0.29, 0.717) is 6.04 Å². The van der Waals surface area contributed by atoms with Gasteiger partial charge in [-0.15, -0.1) is 0 Å². The number of hydrogen-bond donors (Lipinski definition) is 2. The van der Waals surface area contributed by atoms with E-state index in [2.05, 4.69) is 10.8 Å². The molecule has 3 nitrogen and oxygen atoms in total. The van der Waals surface area contributed by atoms with Crippen LogP contribution in [0.25, 0.3) is 0 Å². The molecule has 0 radical (unpaired) electrons. The molecule has 0 aliphatic carbocycles. The van der Waals surface area contributed by atoms with Crippen LogP contribution in [0.3, 0.4) is 0 Å². The van der Waals surface area contributed by atoms with Crippen LogP contribution in [0.2, 0.25) is 0 Å². The molecule has 0 saturated carbocycles. The van der Waals surface area contributed by atoms with Gasteiger partial charge in [0.15, 0.2) is 0 Å². The van der Waals surface area contributed by atoms with Gasteiger partial charge in [-0.1, -0.05) is 0 Å². The molecule has 1 aliphatic heterocycles. The molecular formula is C7H16N2O. The third kappa shape index (κ3) is 2.64. The van der Waals surface area contributed by atoms with Crippen LogP contribution in [-0.4, -0.2) is 25.7 Å². The standard InChI is InChI=1S/C7H16N2O/c1-2-10-9-6-7-4-3-5-8-7/h7-9H,2-6H2,1H3. The minimum Gasteiger partial charge on any atom is -0.313 e. The van der Waals surface area contributed by atoms with Crippen LogP contribution in [0, 0.1) is 0 Å². The van der Waals surface area contributed by atoms with Crippen molar-refractivity contribution >= 4 is 0 Å². The van der Waals surface area contributed by atoms with Crippen molar-refractivity contribution in [1.29, 1.82) is 0 Å². The van der Waals surface area contributed by atoms with Gasteiger partial charge in [0.1, 0.15) is 0 Å². The minimum absolute atomic E-state index is 0.631. The smallest absolute Gasteiger partial charge is 0.0653 e. The van der Waals surface area contributed by atoms with Crippen molar-refractivity contribution in [3.8, 4) is 0 Å². The van der Waals surface area contributed by atoms with Crippen LogP contribution in [0.4, 0.5) is 0 Å². The topological polar surface area (TPSA) is 33.3 Å². The lowest BCUT2D eigenvalue weighted by atomic mass is 10.2. The lowest BCUT2D eigenvalue weighted by molar-refractivity contribution is 0.0464. The summed E-state index contributed by atoms with van der Waals surface area (Å²) in [4.78, 5) is 5.01. The summed E-state index contributed by atoms with van der Waals surface area (Å²) >= 11 is 0. The van der Waals surface area contributed by atoms with Crippen molar-refractivity contribution in [1.82, 2.24) is 10.8 Å². The molecule has 1 atom stereocenters. The Labute approximate surface area is 62.1 Å². The molecule has 1 rings (SSSR count). The summed E-state index contributed by atoms with van der Waals surface area (Å²) in [6.45, 7) is 4.83. The molecule has 3 heteroatoms. The Kier molecular flexibility index (Phi) is 3.72. The highest BCUT2D eigenvalue weighted by Gasteiger charge is 2.12. The van der Waals surface area contributed by atoms with E-state index in [0.717, 1.165) is 13.2 Å². The highest BCUT2D eigenvalue weighted by Crippen LogP contribution is 2.02. The lowest BCUT2D eigenvalue weighted by Gasteiger charge is -2.09. The van der Waals surface area contributed by atoms with Gasteiger partial charge >= 0.3 is 0 Å². The predicted octanol–water partition coefficient (Wildman–Crippen LogP) is 0.279. The molecule has 1 fully saturated rings. The number of rotatable bonds is 4. The summed E-state index contributed by atoms with van der Waals surface area (Å²) in [5.41, 5.74) is 2.91. The summed E-state index contributed by atoms with van der Waals surface area (Å²) in [5, 5.41) is 3.37. The summed E-state index contributed by atoms with van der Waals surface area (Å²) in [6, 6.07) is 0.631. The molecule has 2 N–H and O–H groups in total. The van der Waals surface area contributed by atoms with Gasteiger partial charge in [-0.25, -0.2) is 5.48 Å². The Bertz CT molecular complexity index is 81.7. The largest absolute Gasteiger partial charge is 0.313 e. The zero-order valence-electron chi connectivity index (χ0n) is 6.52. The zero-order chi connectivity index (χ0) is 7.23. The third-order valence-electron chi connectivity index (χ3n) is 1.74. The lowest BCUT2D eigenvalue weighted by Crippen LogP contribution is -2.33. The SMILES string of the molecule is CCONCC1CCCN1. The zero-order valence-corrected chi connectivity index (χ0v) is 6.52. The molecule has 0 spiro atoms. The summed E-state index contributed by atoms with van der Waals surface area (Å²) in [7, 11) is 0. The van der Waals surface area contributed by atoms with Crippen molar-refractivity contribution in [2.75, 3.05) is 19.7 Å². The first-order valence-corrected chi connectivity index (χ1v) is 4.01. The Morgan fingerprint density at radius 1 is 1.70 bits per heavy atom. The maximum Gasteiger partial charge on any atom is 0.0653 e.